The van der Waals surface area contributed by atoms with Crippen LogP contribution in [0.2, 0.25) is 0 Å². The number of esters is 1. The van der Waals surface area contributed by atoms with Gasteiger partial charge in [-0.1, -0.05) is 32.0 Å². The van der Waals surface area contributed by atoms with Gasteiger partial charge in [0.2, 0.25) is 0 Å². The van der Waals surface area contributed by atoms with Gasteiger partial charge in [-0.15, -0.1) is 0 Å². The maximum absolute atomic E-state index is 13.6. The smallest absolute Gasteiger partial charge is 0.341 e. The number of rotatable bonds is 6. The Morgan fingerprint density at radius 1 is 1.11 bits per heavy atom. The molecule has 0 unspecified atom stereocenters. The quantitative estimate of drug-likeness (QED) is 0.770. The minimum atomic E-state index is -0.881. The van der Waals surface area contributed by atoms with Gasteiger partial charge in [0.05, 0.1) is 11.6 Å². The van der Waals surface area contributed by atoms with E-state index in [2.05, 4.69) is 5.32 Å². The molecule has 1 atom stereocenters. The van der Waals surface area contributed by atoms with Crippen LogP contribution in [-0.4, -0.2) is 31.7 Å². The molecule has 2 aromatic rings. The number of ether oxygens (including phenoxy) is 3. The summed E-state index contributed by atoms with van der Waals surface area (Å²) in [5.41, 5.74) is 0.649. The Balaban J connectivity index is 1.63. The van der Waals surface area contributed by atoms with E-state index in [1.165, 1.54) is 18.2 Å². The second-order valence-corrected chi connectivity index (χ2v) is 6.75. The van der Waals surface area contributed by atoms with E-state index in [0.29, 0.717) is 24.7 Å². The lowest BCUT2D eigenvalue weighted by molar-refractivity contribution is -0.125. The fourth-order valence-corrected chi connectivity index (χ4v) is 2.94. The number of hydrogen-bond acceptors (Lipinski definition) is 5. The highest BCUT2D eigenvalue weighted by Crippen LogP contribution is 2.34. The summed E-state index contributed by atoms with van der Waals surface area (Å²) in [6, 6.07) is 10.7. The van der Waals surface area contributed by atoms with Crippen molar-refractivity contribution in [3.63, 3.8) is 0 Å². The molecule has 0 bridgehead atoms. The van der Waals surface area contributed by atoms with Crippen molar-refractivity contribution < 1.29 is 28.2 Å². The van der Waals surface area contributed by atoms with Crippen molar-refractivity contribution in [2.75, 3.05) is 19.8 Å². The summed E-state index contributed by atoms with van der Waals surface area (Å²) in [4.78, 5) is 24.3. The highest BCUT2D eigenvalue weighted by Gasteiger charge is 2.22. The minimum Gasteiger partial charge on any atom is -0.486 e. The average Bonchev–Trinajstić information content (AvgIpc) is 2.70. The number of benzene rings is 2. The molecule has 0 fully saturated rings. The Labute approximate surface area is 162 Å². The molecule has 6 nitrogen and oxygen atoms in total. The topological polar surface area (TPSA) is 73.9 Å². The molecule has 0 aliphatic carbocycles. The number of nitrogens with one attached hydrogen (secondary N) is 1. The number of fused-ring (bicyclic) bond motifs is 1. The molecular weight excluding hydrogens is 365 g/mol. The Hall–Kier alpha value is -3.09. The highest BCUT2D eigenvalue weighted by atomic mass is 19.1. The lowest BCUT2D eigenvalue weighted by atomic mass is 9.95. The maximum Gasteiger partial charge on any atom is 0.341 e. The molecule has 0 saturated carbocycles. The van der Waals surface area contributed by atoms with Gasteiger partial charge < -0.3 is 19.5 Å². The maximum atomic E-state index is 13.6. The van der Waals surface area contributed by atoms with E-state index < -0.39 is 24.3 Å². The molecule has 1 amide bonds. The summed E-state index contributed by atoms with van der Waals surface area (Å²) in [5, 5.41) is 2.85. The summed E-state index contributed by atoms with van der Waals surface area (Å²) in [7, 11) is 0. The summed E-state index contributed by atoms with van der Waals surface area (Å²) in [6.07, 6.45) is 0. The Morgan fingerprint density at radius 2 is 1.82 bits per heavy atom. The lowest BCUT2D eigenvalue weighted by Gasteiger charge is -2.25. The first-order chi connectivity index (χ1) is 13.5. The van der Waals surface area contributed by atoms with Crippen molar-refractivity contribution in [2.45, 2.75) is 19.9 Å². The molecule has 2 aromatic carbocycles. The summed E-state index contributed by atoms with van der Waals surface area (Å²) >= 11 is 0. The van der Waals surface area contributed by atoms with E-state index in [4.69, 9.17) is 14.2 Å². The molecule has 1 N–H and O–H groups in total. The van der Waals surface area contributed by atoms with E-state index in [0.717, 1.165) is 11.6 Å². The number of amides is 1. The van der Waals surface area contributed by atoms with E-state index in [1.807, 2.05) is 32.0 Å². The normalized spacial score (nSPS) is 13.7. The predicted octanol–water partition coefficient (Wildman–Crippen LogP) is 3.27. The van der Waals surface area contributed by atoms with Gasteiger partial charge in [-0.3, -0.25) is 4.79 Å². The molecule has 0 spiro atoms. The van der Waals surface area contributed by atoms with Gasteiger partial charge in [-0.25, -0.2) is 9.18 Å². The van der Waals surface area contributed by atoms with Crippen LogP contribution in [0.1, 0.15) is 35.8 Å². The zero-order chi connectivity index (χ0) is 20.1. The fourth-order valence-electron chi connectivity index (χ4n) is 2.94. The average molecular weight is 387 g/mol. The highest BCUT2D eigenvalue weighted by molar-refractivity contribution is 5.91. The molecule has 0 radical (unpaired) electrons. The van der Waals surface area contributed by atoms with Crippen LogP contribution in [0.4, 0.5) is 4.39 Å². The Kier molecular flexibility index (Phi) is 6.13. The van der Waals surface area contributed by atoms with Gasteiger partial charge >= 0.3 is 5.97 Å². The van der Waals surface area contributed by atoms with Crippen LogP contribution in [0.25, 0.3) is 0 Å². The van der Waals surface area contributed by atoms with E-state index in [9.17, 15) is 14.0 Å². The first-order valence-corrected chi connectivity index (χ1v) is 9.06. The number of hydrogen-bond donors (Lipinski definition) is 1. The SMILES string of the molecule is CC(C)[C@@H](NC(=O)COC(=O)c1ccccc1F)c1ccc2c(c1)OCCO2. The molecule has 0 aromatic heterocycles. The summed E-state index contributed by atoms with van der Waals surface area (Å²) in [5.74, 6) is -0.665. The summed E-state index contributed by atoms with van der Waals surface area (Å²) in [6.45, 7) is 4.41. The number of carbonyl (C=O) groups excluding carboxylic acids is 2. The van der Waals surface area contributed by atoms with Crippen LogP contribution in [0, 0.1) is 11.7 Å². The fraction of sp³-hybridized carbons (Fsp3) is 0.333. The second kappa shape index (κ2) is 8.73. The van der Waals surface area contributed by atoms with Crippen LogP contribution >= 0.6 is 0 Å². The van der Waals surface area contributed by atoms with E-state index >= 15 is 0 Å². The van der Waals surface area contributed by atoms with Gasteiger partial charge in [-0.2, -0.15) is 0 Å². The van der Waals surface area contributed by atoms with Gasteiger partial charge in [-0.05, 0) is 35.7 Å². The molecular formula is C21H22FNO5. The molecule has 28 heavy (non-hydrogen) atoms. The zero-order valence-corrected chi connectivity index (χ0v) is 15.7. The van der Waals surface area contributed by atoms with Crippen LogP contribution in [-0.2, 0) is 9.53 Å². The minimum absolute atomic E-state index is 0.0776. The van der Waals surface area contributed by atoms with Crippen molar-refractivity contribution in [2.24, 2.45) is 5.92 Å². The van der Waals surface area contributed by atoms with Gasteiger partial charge in [0.25, 0.3) is 5.91 Å². The third-order valence-corrected chi connectivity index (χ3v) is 4.34. The zero-order valence-electron chi connectivity index (χ0n) is 15.7. The van der Waals surface area contributed by atoms with Gasteiger partial charge in [0.1, 0.15) is 19.0 Å². The second-order valence-electron chi connectivity index (χ2n) is 6.75. The Bertz CT molecular complexity index is 868. The van der Waals surface area contributed by atoms with Crippen LogP contribution in [0.15, 0.2) is 42.5 Å². The Morgan fingerprint density at radius 3 is 2.54 bits per heavy atom. The van der Waals surface area contributed by atoms with Crippen molar-refractivity contribution in [3.05, 3.63) is 59.4 Å². The van der Waals surface area contributed by atoms with Crippen molar-refractivity contribution in [1.29, 1.82) is 0 Å². The lowest BCUT2D eigenvalue weighted by Crippen LogP contribution is -2.35. The van der Waals surface area contributed by atoms with Crippen LogP contribution in [0.5, 0.6) is 11.5 Å². The van der Waals surface area contributed by atoms with Gasteiger partial charge in [0, 0.05) is 0 Å². The molecule has 148 valence electrons. The molecule has 1 aliphatic rings. The van der Waals surface area contributed by atoms with E-state index in [-0.39, 0.29) is 17.5 Å². The standard InChI is InChI=1S/C21H22FNO5/c1-13(2)20(14-7-8-17-18(11-14)27-10-9-26-17)23-19(24)12-28-21(25)15-5-3-4-6-16(15)22/h3-8,11,13,20H,9-10,12H2,1-2H3,(H,23,24)/t20-/m1/s1. The van der Waals surface area contributed by atoms with E-state index in [1.54, 1.807) is 0 Å². The van der Waals surface area contributed by atoms with Crippen molar-refractivity contribution >= 4 is 11.9 Å². The molecule has 1 heterocycles. The third kappa shape index (κ3) is 4.60. The summed E-state index contributed by atoms with van der Waals surface area (Å²) < 4.78 is 29.7. The number of carbonyl (C=O) groups is 2. The van der Waals surface area contributed by atoms with Crippen molar-refractivity contribution in [3.8, 4) is 11.5 Å². The largest absolute Gasteiger partial charge is 0.486 e. The number of halogens is 1. The molecule has 3 rings (SSSR count). The van der Waals surface area contributed by atoms with Crippen LogP contribution < -0.4 is 14.8 Å². The first kappa shape index (κ1) is 19.7. The first-order valence-electron chi connectivity index (χ1n) is 9.06. The van der Waals surface area contributed by atoms with Gasteiger partial charge in [0.15, 0.2) is 18.1 Å². The molecule has 7 heteroatoms. The molecule has 0 saturated heterocycles. The molecule has 1 aliphatic heterocycles. The van der Waals surface area contributed by atoms with Crippen molar-refractivity contribution in [1.82, 2.24) is 5.32 Å². The third-order valence-electron chi connectivity index (χ3n) is 4.34. The monoisotopic (exact) mass is 387 g/mol. The predicted molar refractivity (Wildman–Crippen MR) is 99.8 cm³/mol. The van der Waals surface area contributed by atoms with Crippen LogP contribution in [0.3, 0.4) is 0 Å².